The molecule has 12 heavy (non-hydrogen) atoms. The second-order valence-corrected chi connectivity index (χ2v) is 5.40. The fourth-order valence-electron chi connectivity index (χ4n) is 1.21. The van der Waals surface area contributed by atoms with Crippen LogP contribution >= 0.6 is 0 Å². The Morgan fingerprint density at radius 3 is 2.33 bits per heavy atom. The van der Waals surface area contributed by atoms with Gasteiger partial charge in [0.1, 0.15) is 9.84 Å². The summed E-state index contributed by atoms with van der Waals surface area (Å²) in [4.78, 5) is 10.1. The molecule has 1 fully saturated rings. The van der Waals surface area contributed by atoms with Crippen molar-refractivity contribution in [3.05, 3.63) is 0 Å². The largest absolute Gasteiger partial charge is 0.465 e. The van der Waals surface area contributed by atoms with Crippen molar-refractivity contribution in [2.45, 2.75) is 24.1 Å². The fourth-order valence-corrected chi connectivity index (χ4v) is 2.37. The molecule has 0 saturated heterocycles. The second-order valence-electron chi connectivity index (χ2n) is 3.07. The zero-order valence-electron chi connectivity index (χ0n) is 6.65. The quantitative estimate of drug-likeness (QED) is 0.637. The molecule has 5 nitrogen and oxygen atoms in total. The molecule has 0 unspecified atom stereocenters. The van der Waals surface area contributed by atoms with Gasteiger partial charge in [-0.05, 0) is 12.8 Å². The lowest BCUT2D eigenvalue weighted by Gasteiger charge is -2.33. The van der Waals surface area contributed by atoms with E-state index in [-0.39, 0.29) is 11.3 Å². The van der Waals surface area contributed by atoms with E-state index in [0.29, 0.717) is 12.8 Å². The van der Waals surface area contributed by atoms with Gasteiger partial charge in [-0.3, -0.25) is 0 Å². The third kappa shape index (κ3) is 2.10. The van der Waals surface area contributed by atoms with Gasteiger partial charge in [-0.25, -0.2) is 13.2 Å². The molecule has 1 amide bonds. The molecule has 2 N–H and O–H groups in total. The number of hydrogen-bond donors (Lipinski definition) is 2. The molecule has 6 heteroatoms. The smallest absolute Gasteiger partial charge is 0.404 e. The Labute approximate surface area is 70.7 Å². The predicted octanol–water partition coefficient (Wildman–Crippen LogP) is -0.170. The van der Waals surface area contributed by atoms with Gasteiger partial charge in [0.2, 0.25) is 0 Å². The first-order valence-corrected chi connectivity index (χ1v) is 5.53. The Balaban J connectivity index is 2.34. The lowest BCUT2D eigenvalue weighted by Crippen LogP contribution is -2.49. The summed E-state index contributed by atoms with van der Waals surface area (Å²) in [6.07, 6.45) is 0.900. The van der Waals surface area contributed by atoms with E-state index in [1.165, 1.54) is 6.26 Å². The highest BCUT2D eigenvalue weighted by molar-refractivity contribution is 7.91. The van der Waals surface area contributed by atoms with Gasteiger partial charge in [-0.15, -0.1) is 0 Å². The van der Waals surface area contributed by atoms with Gasteiger partial charge in [-0.2, -0.15) is 0 Å². The SMILES string of the molecule is CS(=O)(=O)C1CC(NC(=O)O)C1. The van der Waals surface area contributed by atoms with Crippen LogP contribution in [0.4, 0.5) is 4.79 Å². The Morgan fingerprint density at radius 1 is 1.50 bits per heavy atom. The molecule has 0 atom stereocenters. The summed E-state index contributed by atoms with van der Waals surface area (Å²) >= 11 is 0. The minimum Gasteiger partial charge on any atom is -0.465 e. The highest BCUT2D eigenvalue weighted by Crippen LogP contribution is 2.26. The van der Waals surface area contributed by atoms with Gasteiger partial charge in [0.05, 0.1) is 5.25 Å². The Kier molecular flexibility index (Phi) is 2.27. The Morgan fingerprint density at radius 2 is 2.00 bits per heavy atom. The van der Waals surface area contributed by atoms with Crippen LogP contribution in [0.15, 0.2) is 0 Å². The number of nitrogens with one attached hydrogen (secondary N) is 1. The maximum absolute atomic E-state index is 10.9. The molecule has 0 spiro atoms. The third-order valence-corrected chi connectivity index (χ3v) is 3.62. The summed E-state index contributed by atoms with van der Waals surface area (Å²) in [5.74, 6) is 0. The van der Waals surface area contributed by atoms with Crippen molar-refractivity contribution in [2.75, 3.05) is 6.26 Å². The van der Waals surface area contributed by atoms with Crippen molar-refractivity contribution in [1.82, 2.24) is 5.32 Å². The number of carbonyl (C=O) groups is 1. The van der Waals surface area contributed by atoms with Crippen LogP contribution in [-0.4, -0.2) is 37.2 Å². The van der Waals surface area contributed by atoms with Crippen LogP contribution in [0.3, 0.4) is 0 Å². The first-order chi connectivity index (χ1) is 5.39. The minimum atomic E-state index is -2.97. The van der Waals surface area contributed by atoms with Crippen LogP contribution in [-0.2, 0) is 9.84 Å². The van der Waals surface area contributed by atoms with Crippen molar-refractivity contribution in [3.63, 3.8) is 0 Å². The van der Waals surface area contributed by atoms with Crippen LogP contribution < -0.4 is 5.32 Å². The summed E-state index contributed by atoms with van der Waals surface area (Å²) in [6, 6.07) is -0.178. The zero-order chi connectivity index (χ0) is 9.35. The molecule has 1 saturated carbocycles. The van der Waals surface area contributed by atoms with Crippen LogP contribution in [0.5, 0.6) is 0 Å². The normalized spacial score (nSPS) is 29.1. The monoisotopic (exact) mass is 193 g/mol. The van der Waals surface area contributed by atoms with E-state index < -0.39 is 15.9 Å². The topological polar surface area (TPSA) is 83.5 Å². The average molecular weight is 193 g/mol. The highest BCUT2D eigenvalue weighted by atomic mass is 32.2. The molecule has 0 aliphatic heterocycles. The summed E-state index contributed by atoms with van der Waals surface area (Å²) in [7, 11) is -2.97. The molecule has 0 heterocycles. The van der Waals surface area contributed by atoms with Crippen molar-refractivity contribution in [3.8, 4) is 0 Å². The molecule has 0 aromatic carbocycles. The van der Waals surface area contributed by atoms with Crippen LogP contribution in [0.2, 0.25) is 0 Å². The van der Waals surface area contributed by atoms with Crippen molar-refractivity contribution >= 4 is 15.9 Å². The van der Waals surface area contributed by atoms with Crippen LogP contribution in [0.25, 0.3) is 0 Å². The average Bonchev–Trinajstić information content (AvgIpc) is 1.73. The van der Waals surface area contributed by atoms with Crippen LogP contribution in [0.1, 0.15) is 12.8 Å². The Bertz CT molecular complexity index is 278. The summed E-state index contributed by atoms with van der Waals surface area (Å²) in [6.45, 7) is 0. The molecular formula is C6H11NO4S. The van der Waals surface area contributed by atoms with Gasteiger partial charge >= 0.3 is 6.09 Å². The van der Waals surface area contributed by atoms with Crippen molar-refractivity contribution in [1.29, 1.82) is 0 Å². The molecule has 1 aliphatic rings. The number of sulfone groups is 1. The maximum Gasteiger partial charge on any atom is 0.404 e. The second kappa shape index (κ2) is 2.93. The Hall–Kier alpha value is -0.780. The molecule has 0 radical (unpaired) electrons. The van der Waals surface area contributed by atoms with Gasteiger partial charge in [0.25, 0.3) is 0 Å². The standard InChI is InChI=1S/C6H11NO4S/c1-12(10,11)5-2-4(3-5)7-6(8)9/h4-5,7H,2-3H2,1H3,(H,8,9). The molecule has 0 aromatic heterocycles. The van der Waals surface area contributed by atoms with Gasteiger partial charge in [0, 0.05) is 12.3 Å². The zero-order valence-corrected chi connectivity index (χ0v) is 7.47. The maximum atomic E-state index is 10.9. The number of hydrogen-bond acceptors (Lipinski definition) is 3. The molecular weight excluding hydrogens is 182 g/mol. The summed E-state index contributed by atoms with van der Waals surface area (Å²) in [5.41, 5.74) is 0. The van der Waals surface area contributed by atoms with Gasteiger partial charge < -0.3 is 10.4 Å². The number of amides is 1. The van der Waals surface area contributed by atoms with E-state index in [2.05, 4.69) is 5.32 Å². The van der Waals surface area contributed by atoms with Gasteiger partial charge in [-0.1, -0.05) is 0 Å². The molecule has 1 rings (SSSR count). The molecule has 1 aliphatic carbocycles. The lowest BCUT2D eigenvalue weighted by molar-refractivity contribution is 0.182. The van der Waals surface area contributed by atoms with Crippen molar-refractivity contribution < 1.29 is 18.3 Å². The van der Waals surface area contributed by atoms with E-state index >= 15 is 0 Å². The lowest BCUT2D eigenvalue weighted by atomic mass is 9.92. The molecule has 70 valence electrons. The molecule has 0 bridgehead atoms. The van der Waals surface area contributed by atoms with E-state index in [1.54, 1.807) is 0 Å². The third-order valence-electron chi connectivity index (χ3n) is 2.03. The first kappa shape index (κ1) is 9.31. The van der Waals surface area contributed by atoms with E-state index in [4.69, 9.17) is 5.11 Å². The van der Waals surface area contributed by atoms with E-state index in [0.717, 1.165) is 0 Å². The van der Waals surface area contributed by atoms with E-state index in [1.807, 2.05) is 0 Å². The van der Waals surface area contributed by atoms with Crippen molar-refractivity contribution in [2.24, 2.45) is 0 Å². The predicted molar refractivity (Wildman–Crippen MR) is 42.8 cm³/mol. The van der Waals surface area contributed by atoms with Gasteiger partial charge in [0.15, 0.2) is 0 Å². The highest BCUT2D eigenvalue weighted by Gasteiger charge is 2.36. The first-order valence-electron chi connectivity index (χ1n) is 3.58. The molecule has 0 aromatic rings. The minimum absolute atomic E-state index is 0.178. The summed E-state index contributed by atoms with van der Waals surface area (Å²) in [5, 5.41) is 10.2. The summed E-state index contributed by atoms with van der Waals surface area (Å²) < 4.78 is 21.7. The fraction of sp³-hybridized carbons (Fsp3) is 0.833. The van der Waals surface area contributed by atoms with E-state index in [9.17, 15) is 13.2 Å². The number of carboxylic acid groups (broad SMARTS) is 1. The van der Waals surface area contributed by atoms with Crippen LogP contribution in [0, 0.1) is 0 Å². The number of rotatable bonds is 2.